The summed E-state index contributed by atoms with van der Waals surface area (Å²) >= 11 is 6.53. The van der Waals surface area contributed by atoms with Crippen molar-refractivity contribution in [2.24, 2.45) is 0 Å². The second-order valence-electron chi connectivity index (χ2n) is 7.45. The SMILES string of the molecule is COc1cccc(C(=O)N[C@H](c2ccc3c(c2)OCO3)c2cc(Cl)c3cccnc3c2O)c1. The molecule has 1 atom stereocenters. The first-order valence-electron chi connectivity index (χ1n) is 10.2. The molecule has 8 heteroatoms. The average Bonchev–Trinajstić information content (AvgIpc) is 3.33. The van der Waals surface area contributed by atoms with Crippen molar-refractivity contribution in [1.29, 1.82) is 0 Å². The molecule has 1 aliphatic rings. The van der Waals surface area contributed by atoms with E-state index in [-0.39, 0.29) is 18.4 Å². The molecule has 0 unspecified atom stereocenters. The number of benzene rings is 3. The van der Waals surface area contributed by atoms with Gasteiger partial charge in [-0.1, -0.05) is 23.7 Å². The summed E-state index contributed by atoms with van der Waals surface area (Å²) in [5, 5.41) is 15.1. The third kappa shape index (κ3) is 3.87. The lowest BCUT2D eigenvalue weighted by atomic mass is 9.95. The van der Waals surface area contributed by atoms with Gasteiger partial charge in [-0.25, -0.2) is 0 Å². The molecule has 7 nitrogen and oxygen atoms in total. The van der Waals surface area contributed by atoms with Gasteiger partial charge in [0.15, 0.2) is 11.5 Å². The first-order valence-corrected chi connectivity index (χ1v) is 10.5. The van der Waals surface area contributed by atoms with Crippen LogP contribution in [0, 0.1) is 0 Å². The zero-order chi connectivity index (χ0) is 22.9. The Labute approximate surface area is 194 Å². The minimum atomic E-state index is -0.748. The van der Waals surface area contributed by atoms with Gasteiger partial charge >= 0.3 is 0 Å². The summed E-state index contributed by atoms with van der Waals surface area (Å²) < 4.78 is 16.2. The van der Waals surface area contributed by atoms with Crippen molar-refractivity contribution < 1.29 is 24.1 Å². The number of aromatic nitrogens is 1. The molecule has 0 saturated heterocycles. The maximum Gasteiger partial charge on any atom is 0.252 e. The van der Waals surface area contributed by atoms with Crippen molar-refractivity contribution in [2.45, 2.75) is 6.04 Å². The zero-order valence-corrected chi connectivity index (χ0v) is 18.3. The fraction of sp³-hybridized carbons (Fsp3) is 0.120. The minimum Gasteiger partial charge on any atom is -0.505 e. The molecular weight excluding hydrogens is 444 g/mol. The molecule has 166 valence electrons. The number of carbonyl (C=O) groups is 1. The number of rotatable bonds is 5. The van der Waals surface area contributed by atoms with E-state index in [9.17, 15) is 9.90 Å². The standard InChI is InChI=1S/C25H19ClN2O5/c1-31-16-5-2-4-15(10-16)25(30)28-22(14-7-8-20-21(11-14)33-13-32-20)18-12-19(26)17-6-3-9-27-23(17)24(18)29/h2-12,22,29H,13H2,1H3,(H,28,30)/t22-/m1/s1. The Bertz CT molecular complexity index is 1370. The molecule has 0 spiro atoms. The highest BCUT2D eigenvalue weighted by molar-refractivity contribution is 6.35. The molecule has 4 aromatic rings. The van der Waals surface area contributed by atoms with Gasteiger partial charge < -0.3 is 24.6 Å². The van der Waals surface area contributed by atoms with Crippen LogP contribution in [-0.2, 0) is 0 Å². The predicted molar refractivity (Wildman–Crippen MR) is 123 cm³/mol. The van der Waals surface area contributed by atoms with Crippen molar-refractivity contribution in [3.63, 3.8) is 0 Å². The van der Waals surface area contributed by atoms with Crippen molar-refractivity contribution in [1.82, 2.24) is 10.3 Å². The molecule has 0 radical (unpaired) electrons. The van der Waals surface area contributed by atoms with Gasteiger partial charge in [0, 0.05) is 22.7 Å². The molecule has 0 bridgehead atoms. The maximum atomic E-state index is 13.2. The second-order valence-corrected chi connectivity index (χ2v) is 7.85. The van der Waals surface area contributed by atoms with E-state index in [4.69, 9.17) is 25.8 Å². The first-order chi connectivity index (χ1) is 16.0. The van der Waals surface area contributed by atoms with E-state index >= 15 is 0 Å². The van der Waals surface area contributed by atoms with Gasteiger partial charge in [0.2, 0.25) is 6.79 Å². The quantitative estimate of drug-likeness (QED) is 0.440. The van der Waals surface area contributed by atoms with Crippen LogP contribution < -0.4 is 19.5 Å². The van der Waals surface area contributed by atoms with Gasteiger partial charge in [-0.2, -0.15) is 0 Å². The van der Waals surface area contributed by atoms with Crippen molar-refractivity contribution in [3.05, 3.63) is 88.6 Å². The van der Waals surface area contributed by atoms with Crippen LogP contribution in [0.15, 0.2) is 66.9 Å². The van der Waals surface area contributed by atoms with Crippen LogP contribution >= 0.6 is 11.6 Å². The number of hydrogen-bond acceptors (Lipinski definition) is 6. The Hall–Kier alpha value is -3.97. The van der Waals surface area contributed by atoms with Gasteiger partial charge in [-0.15, -0.1) is 0 Å². The van der Waals surface area contributed by atoms with E-state index in [1.54, 1.807) is 66.9 Å². The number of aromatic hydroxyl groups is 1. The highest BCUT2D eigenvalue weighted by Crippen LogP contribution is 2.41. The molecular formula is C25H19ClN2O5. The summed E-state index contributed by atoms with van der Waals surface area (Å²) in [6.07, 6.45) is 1.58. The number of ether oxygens (including phenoxy) is 3. The second kappa shape index (κ2) is 8.52. The van der Waals surface area contributed by atoms with Gasteiger partial charge in [0.25, 0.3) is 5.91 Å². The van der Waals surface area contributed by atoms with Gasteiger partial charge in [0.05, 0.1) is 18.2 Å². The third-order valence-electron chi connectivity index (χ3n) is 5.49. The number of carbonyl (C=O) groups excluding carboxylic acids is 1. The van der Waals surface area contributed by atoms with Crippen LogP contribution in [-0.4, -0.2) is 29.9 Å². The van der Waals surface area contributed by atoms with Crippen LogP contribution in [0.25, 0.3) is 10.9 Å². The summed E-state index contributed by atoms with van der Waals surface area (Å²) in [5.41, 5.74) is 1.84. The van der Waals surface area contributed by atoms with Crippen LogP contribution in [0.4, 0.5) is 0 Å². The van der Waals surface area contributed by atoms with Crippen molar-refractivity contribution in [3.8, 4) is 23.0 Å². The number of nitrogens with zero attached hydrogens (tertiary/aromatic N) is 1. The first kappa shape index (κ1) is 20.9. The molecule has 2 heterocycles. The summed E-state index contributed by atoms with van der Waals surface area (Å²) in [7, 11) is 1.54. The van der Waals surface area contributed by atoms with E-state index in [1.165, 1.54) is 7.11 Å². The minimum absolute atomic E-state index is 0.0661. The number of phenols is 1. The predicted octanol–water partition coefficient (Wildman–Crippen LogP) is 4.85. The lowest BCUT2D eigenvalue weighted by molar-refractivity contribution is 0.0942. The topological polar surface area (TPSA) is 89.9 Å². The monoisotopic (exact) mass is 462 g/mol. The van der Waals surface area contributed by atoms with Crippen LogP contribution in [0.2, 0.25) is 5.02 Å². The molecule has 2 N–H and O–H groups in total. The smallest absolute Gasteiger partial charge is 0.252 e. The van der Waals surface area contributed by atoms with E-state index in [1.807, 2.05) is 0 Å². The molecule has 3 aromatic carbocycles. The lowest BCUT2D eigenvalue weighted by Gasteiger charge is -2.22. The number of hydrogen-bond donors (Lipinski definition) is 2. The Balaban J connectivity index is 1.62. The highest BCUT2D eigenvalue weighted by Gasteiger charge is 2.26. The Kier molecular flexibility index (Phi) is 5.40. The van der Waals surface area contributed by atoms with E-state index in [2.05, 4.69) is 10.3 Å². The van der Waals surface area contributed by atoms with E-state index < -0.39 is 6.04 Å². The number of fused-ring (bicyclic) bond motifs is 2. The fourth-order valence-electron chi connectivity index (χ4n) is 3.84. The zero-order valence-electron chi connectivity index (χ0n) is 17.5. The van der Waals surface area contributed by atoms with E-state index in [0.29, 0.717) is 49.9 Å². The number of pyridine rings is 1. The van der Waals surface area contributed by atoms with Crippen LogP contribution in [0.5, 0.6) is 23.0 Å². The Morgan fingerprint density at radius 3 is 2.82 bits per heavy atom. The number of amides is 1. The summed E-state index contributed by atoms with van der Waals surface area (Å²) in [6.45, 7) is 0.122. The molecule has 0 saturated carbocycles. The third-order valence-corrected chi connectivity index (χ3v) is 5.81. The fourth-order valence-corrected chi connectivity index (χ4v) is 4.11. The van der Waals surface area contributed by atoms with Crippen LogP contribution in [0.1, 0.15) is 27.5 Å². The molecule has 0 fully saturated rings. The van der Waals surface area contributed by atoms with Crippen LogP contribution in [0.3, 0.4) is 0 Å². The molecule has 1 aromatic heterocycles. The van der Waals surface area contributed by atoms with Gasteiger partial charge in [-0.05, 0) is 54.1 Å². The Morgan fingerprint density at radius 2 is 1.97 bits per heavy atom. The van der Waals surface area contributed by atoms with Crippen molar-refractivity contribution in [2.75, 3.05) is 13.9 Å². The summed E-state index contributed by atoms with van der Waals surface area (Å²) in [5.74, 6) is 1.30. The normalized spacial score (nSPS) is 13.0. The van der Waals surface area contributed by atoms with E-state index in [0.717, 1.165) is 0 Å². The summed E-state index contributed by atoms with van der Waals surface area (Å²) in [4.78, 5) is 17.5. The van der Waals surface area contributed by atoms with Gasteiger partial charge in [-0.3, -0.25) is 9.78 Å². The van der Waals surface area contributed by atoms with Crippen molar-refractivity contribution >= 4 is 28.4 Å². The largest absolute Gasteiger partial charge is 0.505 e. The number of nitrogens with one attached hydrogen (secondary N) is 1. The lowest BCUT2D eigenvalue weighted by Crippen LogP contribution is -2.29. The number of phenolic OH excluding ortho intramolecular Hbond substituents is 1. The molecule has 0 aliphatic carbocycles. The average molecular weight is 463 g/mol. The molecule has 5 rings (SSSR count). The summed E-state index contributed by atoms with van der Waals surface area (Å²) in [6, 6.07) is 16.6. The molecule has 1 aliphatic heterocycles. The Morgan fingerprint density at radius 1 is 1.12 bits per heavy atom. The molecule has 33 heavy (non-hydrogen) atoms. The number of halogens is 1. The maximum absolute atomic E-state index is 13.2. The molecule has 1 amide bonds. The highest BCUT2D eigenvalue weighted by atomic mass is 35.5. The van der Waals surface area contributed by atoms with Gasteiger partial charge in [0.1, 0.15) is 17.0 Å². The number of methoxy groups -OCH3 is 1.